The molecule has 1 saturated heterocycles. The van der Waals surface area contributed by atoms with Crippen molar-refractivity contribution in [2.45, 2.75) is 91.1 Å². The molecule has 0 bridgehead atoms. The predicted molar refractivity (Wildman–Crippen MR) is 146 cm³/mol. The Labute approximate surface area is 221 Å². The molecular weight excluding hydrogens is 487 g/mol. The Balaban J connectivity index is 1.82. The molecule has 1 aliphatic heterocycles. The number of hydrogen-bond acceptors (Lipinski definition) is 4. The fraction of sp³-hybridized carbons (Fsp3) is 0.517. The van der Waals surface area contributed by atoms with E-state index in [2.05, 4.69) is 12.2 Å². The molecule has 200 valence electrons. The van der Waals surface area contributed by atoms with Crippen LogP contribution in [-0.4, -0.2) is 28.0 Å². The van der Waals surface area contributed by atoms with Crippen molar-refractivity contribution in [3.8, 4) is 5.75 Å². The highest BCUT2D eigenvalue weighted by Gasteiger charge is 2.63. The highest BCUT2D eigenvalue weighted by atomic mass is 31.1. The first-order valence-corrected chi connectivity index (χ1v) is 14.6. The van der Waals surface area contributed by atoms with Gasteiger partial charge in [0.15, 0.2) is 6.23 Å². The number of nitrogens with zero attached hydrogens (tertiary/aromatic N) is 1. The second-order valence-electron chi connectivity index (χ2n) is 9.89. The number of aryl methyl sites for hydroxylation is 1. The van der Waals surface area contributed by atoms with Crippen molar-refractivity contribution in [1.29, 1.82) is 0 Å². The van der Waals surface area contributed by atoms with Crippen molar-refractivity contribution in [3.05, 3.63) is 65.2 Å². The van der Waals surface area contributed by atoms with Crippen LogP contribution >= 0.6 is 8.03 Å². The fourth-order valence-corrected chi connectivity index (χ4v) is 6.01. The fourth-order valence-electron chi connectivity index (χ4n) is 5.10. The summed E-state index contributed by atoms with van der Waals surface area (Å²) in [5.74, 6) is 0.286. The number of likely N-dealkylation sites (tertiary alicyclic amines) is 1. The minimum absolute atomic E-state index is 0.208. The number of β-lactam (4-membered cyclic amide) rings is 1. The van der Waals surface area contributed by atoms with Crippen LogP contribution in [0.2, 0.25) is 0 Å². The van der Waals surface area contributed by atoms with Crippen LogP contribution in [0, 0.1) is 12.3 Å². The summed E-state index contributed by atoms with van der Waals surface area (Å²) in [7, 11) is -2.34. The molecule has 37 heavy (non-hydrogen) atoms. The quantitative estimate of drug-likeness (QED) is 0.225. The number of imide groups is 1. The highest BCUT2D eigenvalue weighted by molar-refractivity contribution is 7.38. The number of ether oxygens (including phenoxy) is 1. The Kier molecular flexibility index (Phi) is 9.86. The maximum absolute atomic E-state index is 13.4. The number of urea groups is 1. The van der Waals surface area contributed by atoms with Crippen LogP contribution in [0.1, 0.15) is 94.6 Å². The smallest absolute Gasteiger partial charge is 0.469 e. The third-order valence-corrected chi connectivity index (χ3v) is 8.62. The number of rotatable bonds is 12. The average Bonchev–Trinajstić information content (AvgIpc) is 2.88. The molecule has 8 heteroatoms. The number of hydrogen-bond donors (Lipinski definition) is 2. The van der Waals surface area contributed by atoms with Gasteiger partial charge in [-0.05, 0) is 48.4 Å². The van der Waals surface area contributed by atoms with E-state index >= 15 is 0 Å². The van der Waals surface area contributed by atoms with Crippen molar-refractivity contribution in [2.24, 2.45) is 5.41 Å². The molecule has 2 unspecified atom stereocenters. The van der Waals surface area contributed by atoms with Crippen LogP contribution in [0.5, 0.6) is 5.75 Å². The lowest BCUT2D eigenvalue weighted by atomic mass is 9.72. The van der Waals surface area contributed by atoms with Gasteiger partial charge < -0.3 is 10.1 Å². The molecule has 0 radical (unpaired) electrons. The van der Waals surface area contributed by atoms with Crippen molar-refractivity contribution in [3.63, 3.8) is 0 Å². The van der Waals surface area contributed by atoms with Gasteiger partial charge in [0.25, 0.3) is 0 Å². The summed E-state index contributed by atoms with van der Waals surface area (Å²) in [5, 5.41) is 3.06. The van der Waals surface area contributed by atoms with Gasteiger partial charge in [0.05, 0.1) is 6.04 Å². The molecule has 3 amide bonds. The number of benzene rings is 2. The van der Waals surface area contributed by atoms with Crippen LogP contribution in [0.4, 0.5) is 4.79 Å². The Hall–Kier alpha value is -2.76. The first-order chi connectivity index (χ1) is 17.7. The predicted octanol–water partition coefficient (Wildman–Crippen LogP) is 7.18. The van der Waals surface area contributed by atoms with Gasteiger partial charge >= 0.3 is 14.1 Å². The molecule has 7 nitrogen and oxygen atoms in total. The maximum Gasteiger partial charge on any atom is 0.513 e. The zero-order chi connectivity index (χ0) is 27.2. The van der Waals surface area contributed by atoms with E-state index in [1.807, 2.05) is 52.0 Å². The van der Waals surface area contributed by atoms with Crippen LogP contribution in [0.15, 0.2) is 48.5 Å². The molecule has 0 spiro atoms. The summed E-state index contributed by atoms with van der Waals surface area (Å²) in [5.41, 5.74) is 1.71. The van der Waals surface area contributed by atoms with Crippen molar-refractivity contribution in [1.82, 2.24) is 10.2 Å². The van der Waals surface area contributed by atoms with Gasteiger partial charge in [-0.2, -0.15) is 4.89 Å². The van der Waals surface area contributed by atoms with Gasteiger partial charge in [-0.25, -0.2) is 9.69 Å². The van der Waals surface area contributed by atoms with Gasteiger partial charge in [-0.1, -0.05) is 82.5 Å². The minimum Gasteiger partial charge on any atom is -0.469 e. The lowest BCUT2D eigenvalue weighted by molar-refractivity contribution is -0.191. The van der Waals surface area contributed by atoms with E-state index in [1.165, 1.54) is 4.90 Å². The summed E-state index contributed by atoms with van der Waals surface area (Å²) < 4.78 is 18.1. The zero-order valence-corrected chi connectivity index (χ0v) is 23.5. The lowest BCUT2D eigenvalue weighted by Gasteiger charge is -2.53. The molecule has 1 aliphatic rings. The van der Waals surface area contributed by atoms with E-state index in [1.54, 1.807) is 24.3 Å². The number of carbonyl (C=O) groups excluding carboxylic acids is 2. The van der Waals surface area contributed by atoms with Gasteiger partial charge in [0.1, 0.15) is 11.2 Å². The summed E-state index contributed by atoms with van der Waals surface area (Å²) in [6.45, 7) is 9.95. The zero-order valence-electron chi connectivity index (χ0n) is 22.6. The Bertz CT molecular complexity index is 1080. The van der Waals surface area contributed by atoms with Crippen molar-refractivity contribution >= 4 is 20.0 Å². The van der Waals surface area contributed by atoms with Gasteiger partial charge in [0, 0.05) is 12.0 Å². The van der Waals surface area contributed by atoms with Crippen LogP contribution < -0.4 is 10.1 Å². The van der Waals surface area contributed by atoms with Crippen molar-refractivity contribution < 1.29 is 23.8 Å². The molecule has 2 N–H and O–H groups in total. The third kappa shape index (κ3) is 6.05. The van der Waals surface area contributed by atoms with Gasteiger partial charge in [-0.3, -0.25) is 4.79 Å². The lowest BCUT2D eigenvalue weighted by Crippen LogP contribution is -2.73. The van der Waals surface area contributed by atoms with Gasteiger partial charge in [0.2, 0.25) is 11.6 Å². The molecule has 0 aliphatic carbocycles. The molecule has 0 aromatic heterocycles. The second kappa shape index (κ2) is 12.7. The summed E-state index contributed by atoms with van der Waals surface area (Å²) >= 11 is 0. The minimum atomic E-state index is -2.34. The Morgan fingerprint density at radius 2 is 1.57 bits per heavy atom. The van der Waals surface area contributed by atoms with E-state index in [-0.39, 0.29) is 11.9 Å². The molecule has 1 heterocycles. The standard InChI is InChI=1S/C29H39N2O5P/c1-6-10-24(21-14-12-20(5)13-15-21)30-28(33)31-26(32)29(8-3,9-4)27(31)36-23-18-16-22(17-19-23)25(11-7-2)37(34)35/h12-19,24-25,27H,6-11H2,1-5H3,(H-,30,33,34,35)/p+1/t24-,25?,27+/m1/s1. The monoisotopic (exact) mass is 527 g/mol. The number of amides is 3. The first kappa shape index (κ1) is 28.8. The number of nitrogens with one attached hydrogen (secondary N) is 1. The Morgan fingerprint density at radius 3 is 2.08 bits per heavy atom. The number of carbonyl (C=O) groups is 2. The second-order valence-corrected chi connectivity index (χ2v) is 11.1. The average molecular weight is 528 g/mol. The van der Waals surface area contributed by atoms with Crippen LogP contribution in [0.25, 0.3) is 0 Å². The molecule has 0 saturated carbocycles. The molecule has 2 aromatic carbocycles. The van der Waals surface area contributed by atoms with Gasteiger partial charge in [-0.15, -0.1) is 0 Å². The van der Waals surface area contributed by atoms with Crippen LogP contribution in [0.3, 0.4) is 0 Å². The third-order valence-electron chi connectivity index (χ3n) is 7.53. The van der Waals surface area contributed by atoms with E-state index in [0.717, 1.165) is 36.0 Å². The summed E-state index contributed by atoms with van der Waals surface area (Å²) in [6.07, 6.45) is 3.42. The molecule has 2 aromatic rings. The van der Waals surface area contributed by atoms with E-state index in [9.17, 15) is 19.0 Å². The highest BCUT2D eigenvalue weighted by Crippen LogP contribution is 2.47. The van der Waals surface area contributed by atoms with E-state index in [0.29, 0.717) is 25.0 Å². The first-order valence-electron chi connectivity index (χ1n) is 13.3. The molecular formula is C29H40N2O5P+. The summed E-state index contributed by atoms with van der Waals surface area (Å²) in [4.78, 5) is 37.7. The molecule has 3 rings (SSSR count). The van der Waals surface area contributed by atoms with E-state index < -0.39 is 31.4 Å². The SMILES string of the molecule is CCCC(c1ccc(O[C@@H]2N(C(=O)N[C@H](CCC)c3ccc(C)cc3)C(=O)C2(CC)CC)cc1)[P+](=O)O. The maximum atomic E-state index is 13.4. The van der Waals surface area contributed by atoms with Crippen molar-refractivity contribution in [2.75, 3.05) is 0 Å². The topological polar surface area (TPSA) is 95.9 Å². The largest absolute Gasteiger partial charge is 0.513 e. The molecule has 4 atom stereocenters. The Morgan fingerprint density at radius 1 is 1.00 bits per heavy atom. The van der Waals surface area contributed by atoms with E-state index in [4.69, 9.17) is 4.74 Å². The normalized spacial score (nSPS) is 18.5. The van der Waals surface area contributed by atoms with Crippen LogP contribution in [-0.2, 0) is 9.36 Å². The molecule has 1 fully saturated rings. The summed E-state index contributed by atoms with van der Waals surface area (Å²) in [6, 6.07) is 14.5.